The summed E-state index contributed by atoms with van der Waals surface area (Å²) in [6.07, 6.45) is -2.66. The van der Waals surface area contributed by atoms with Crippen molar-refractivity contribution in [2.24, 2.45) is 0 Å². The highest BCUT2D eigenvalue weighted by Crippen LogP contribution is 2.45. The lowest BCUT2D eigenvalue weighted by Gasteiger charge is -2.19. The van der Waals surface area contributed by atoms with E-state index in [0.717, 1.165) is 16.7 Å². The lowest BCUT2D eigenvalue weighted by molar-refractivity contribution is 0.908. The van der Waals surface area contributed by atoms with Crippen molar-refractivity contribution in [3.63, 3.8) is 0 Å². The Kier molecular flexibility index (Phi) is 6.89. The average molecular weight is 708 g/mol. The van der Waals surface area contributed by atoms with Crippen LogP contribution in [-0.2, 0) is 6.37 Å². The Morgan fingerprint density at radius 2 is 0.836 bits per heavy atom. The number of hydrogen-bond acceptors (Lipinski definition) is 1. The Balaban J connectivity index is 1.07. The van der Waals surface area contributed by atoms with Crippen LogP contribution < -0.4 is 0 Å². The minimum absolute atomic E-state index is 0.146. The summed E-state index contributed by atoms with van der Waals surface area (Å²) in [5.74, 6) is -0.146. The summed E-state index contributed by atoms with van der Waals surface area (Å²) in [6, 6.07) is 69.3. The Morgan fingerprint density at radius 1 is 0.418 bits per heavy atom. The number of nitrogens with zero attached hydrogens (tertiary/aromatic N) is 2. The highest BCUT2D eigenvalue weighted by atomic mass is 15.1. The third kappa shape index (κ3) is 5.80. The highest BCUT2D eigenvalue weighted by Gasteiger charge is 2.18. The van der Waals surface area contributed by atoms with Crippen LogP contribution >= 0.6 is 0 Å². The zero-order chi connectivity index (χ0) is 41.0. The summed E-state index contributed by atoms with van der Waals surface area (Å²) in [7, 11) is 0. The number of hydrogen-bond donors (Lipinski definition) is 0. The maximum atomic E-state index is 8.57. The van der Waals surface area contributed by atoms with Gasteiger partial charge in [-0.2, -0.15) is 0 Å². The summed E-state index contributed by atoms with van der Waals surface area (Å²) < 4.78 is 42.6. The van der Waals surface area contributed by atoms with Crippen molar-refractivity contribution >= 4 is 32.6 Å². The van der Waals surface area contributed by atoms with Crippen LogP contribution in [0.1, 0.15) is 19.5 Å². The lowest BCUT2D eigenvalue weighted by atomic mass is 9.84. The first-order chi connectivity index (χ1) is 29.2. The second-order valence-corrected chi connectivity index (χ2v) is 13.9. The standard InChI is InChI=1S/C53H38N2/c1-2-51-54-49-23-13-14-24-50(49)55(51)44-31-29-39(30-32-44)38-25-27-40(28-26-38)52-45-19-9-11-21-47(45)53(48-22-12-10-20-46(48)52)43-34-41(36-15-5-3-6-16-36)33-42(35-43)37-17-7-4-8-18-37/h3-35H,2H2,1H3/i1D3,2D2. The number of aromatic nitrogens is 2. The molecule has 0 atom stereocenters. The molecular weight excluding hydrogens is 665 g/mol. The Labute approximate surface area is 328 Å². The minimum atomic E-state index is -2.90. The van der Waals surface area contributed by atoms with E-state index >= 15 is 0 Å². The number of rotatable bonds is 7. The van der Waals surface area contributed by atoms with E-state index in [9.17, 15) is 0 Å². The van der Waals surface area contributed by atoms with Crippen LogP contribution in [0.25, 0.3) is 93.9 Å². The molecule has 0 aliphatic heterocycles. The van der Waals surface area contributed by atoms with Crippen molar-refractivity contribution < 1.29 is 6.85 Å². The van der Waals surface area contributed by atoms with Gasteiger partial charge in [-0.05, 0) is 120 Å². The molecule has 0 aliphatic rings. The Morgan fingerprint density at radius 3 is 1.38 bits per heavy atom. The molecule has 2 nitrogen and oxygen atoms in total. The van der Waals surface area contributed by atoms with E-state index in [0.29, 0.717) is 16.7 Å². The molecule has 2 heteroatoms. The van der Waals surface area contributed by atoms with Gasteiger partial charge in [0.15, 0.2) is 0 Å². The van der Waals surface area contributed by atoms with Crippen LogP contribution in [-0.4, -0.2) is 9.55 Å². The van der Waals surface area contributed by atoms with Gasteiger partial charge >= 0.3 is 0 Å². The van der Waals surface area contributed by atoms with Crippen molar-refractivity contribution in [1.82, 2.24) is 9.55 Å². The molecule has 9 aromatic carbocycles. The Hall–Kier alpha value is -7.03. The van der Waals surface area contributed by atoms with Gasteiger partial charge in [-0.15, -0.1) is 0 Å². The van der Waals surface area contributed by atoms with E-state index in [-0.39, 0.29) is 5.82 Å². The molecule has 0 fully saturated rings. The smallest absolute Gasteiger partial charge is 0.114 e. The molecule has 10 aromatic rings. The first-order valence-electron chi connectivity index (χ1n) is 21.0. The average Bonchev–Trinajstić information content (AvgIpc) is 3.69. The molecule has 0 unspecified atom stereocenters. The molecule has 10 rings (SSSR count). The van der Waals surface area contributed by atoms with E-state index in [4.69, 9.17) is 6.85 Å². The van der Waals surface area contributed by atoms with Crippen molar-refractivity contribution in [3.8, 4) is 61.3 Å². The van der Waals surface area contributed by atoms with E-state index in [1.165, 1.54) is 60.5 Å². The SMILES string of the molecule is [2H]C([2H])([2H])C([2H])([2H])c1nc2ccccc2n1-c1ccc(-c2ccc(-c3c4ccccc4c(-c4cc(-c5ccccc5)cc(-c5ccccc5)c4)c4ccccc34)cc2)cc1. The van der Waals surface area contributed by atoms with E-state index < -0.39 is 13.2 Å². The first-order valence-corrected chi connectivity index (χ1v) is 18.5. The van der Waals surface area contributed by atoms with Gasteiger partial charge in [-0.3, -0.25) is 4.57 Å². The fourth-order valence-corrected chi connectivity index (χ4v) is 8.12. The predicted octanol–water partition coefficient (Wildman–Crippen LogP) is 14.2. The fourth-order valence-electron chi connectivity index (χ4n) is 8.12. The summed E-state index contributed by atoms with van der Waals surface area (Å²) in [4.78, 5) is 4.47. The number of benzene rings is 9. The van der Waals surface area contributed by atoms with Gasteiger partial charge in [0.25, 0.3) is 0 Å². The molecule has 55 heavy (non-hydrogen) atoms. The molecular formula is C53H38N2. The normalized spacial score (nSPS) is 13.3. The van der Waals surface area contributed by atoms with Gasteiger partial charge in [-0.1, -0.05) is 165 Å². The summed E-state index contributed by atoms with van der Waals surface area (Å²) >= 11 is 0. The lowest BCUT2D eigenvalue weighted by Crippen LogP contribution is -1.99. The van der Waals surface area contributed by atoms with Gasteiger partial charge in [-0.25, -0.2) is 4.98 Å². The topological polar surface area (TPSA) is 17.8 Å². The maximum absolute atomic E-state index is 8.57. The molecule has 260 valence electrons. The summed E-state index contributed by atoms with van der Waals surface area (Å²) in [5, 5.41) is 4.72. The molecule has 0 N–H and O–H groups in total. The summed E-state index contributed by atoms with van der Waals surface area (Å²) in [6.45, 7) is -2.90. The van der Waals surface area contributed by atoms with Crippen LogP contribution in [0.2, 0.25) is 0 Å². The molecule has 1 aromatic heterocycles. The molecule has 1 heterocycles. The van der Waals surface area contributed by atoms with E-state index in [1.807, 2.05) is 42.5 Å². The third-order valence-corrected chi connectivity index (χ3v) is 10.7. The van der Waals surface area contributed by atoms with Crippen molar-refractivity contribution in [3.05, 3.63) is 206 Å². The van der Waals surface area contributed by atoms with E-state index in [2.05, 4.69) is 157 Å². The molecule has 0 bridgehead atoms. The quantitative estimate of drug-likeness (QED) is 0.151. The number of fused-ring (bicyclic) bond motifs is 3. The molecule has 0 aliphatic carbocycles. The van der Waals surface area contributed by atoms with Crippen LogP contribution in [0.3, 0.4) is 0 Å². The molecule has 0 amide bonds. The van der Waals surface area contributed by atoms with Gasteiger partial charge in [0.1, 0.15) is 5.82 Å². The molecule has 0 saturated heterocycles. The number of para-hydroxylation sites is 2. The van der Waals surface area contributed by atoms with Crippen LogP contribution in [0, 0.1) is 0 Å². The largest absolute Gasteiger partial charge is 0.296 e. The van der Waals surface area contributed by atoms with Crippen molar-refractivity contribution in [2.75, 3.05) is 0 Å². The molecule has 0 spiro atoms. The first kappa shape index (κ1) is 27.6. The van der Waals surface area contributed by atoms with Gasteiger partial charge in [0.05, 0.1) is 11.0 Å². The van der Waals surface area contributed by atoms with Crippen LogP contribution in [0.15, 0.2) is 200 Å². The summed E-state index contributed by atoms with van der Waals surface area (Å²) in [5.41, 5.74) is 13.2. The third-order valence-electron chi connectivity index (χ3n) is 10.7. The number of aryl methyl sites for hydroxylation is 1. The van der Waals surface area contributed by atoms with Gasteiger partial charge in [0, 0.05) is 18.9 Å². The van der Waals surface area contributed by atoms with Crippen molar-refractivity contribution in [2.45, 2.75) is 13.2 Å². The van der Waals surface area contributed by atoms with E-state index in [1.54, 1.807) is 10.6 Å². The molecule has 0 saturated carbocycles. The van der Waals surface area contributed by atoms with Gasteiger partial charge in [0.2, 0.25) is 0 Å². The Bertz CT molecular complexity index is 3070. The van der Waals surface area contributed by atoms with Crippen LogP contribution in [0.4, 0.5) is 0 Å². The zero-order valence-electron chi connectivity index (χ0n) is 34.9. The minimum Gasteiger partial charge on any atom is -0.296 e. The maximum Gasteiger partial charge on any atom is 0.114 e. The van der Waals surface area contributed by atoms with Crippen LogP contribution in [0.5, 0.6) is 0 Å². The highest BCUT2D eigenvalue weighted by molar-refractivity contribution is 6.21. The predicted molar refractivity (Wildman–Crippen MR) is 233 cm³/mol. The zero-order valence-corrected chi connectivity index (χ0v) is 29.9. The second kappa shape index (κ2) is 13.7. The van der Waals surface area contributed by atoms with Crippen molar-refractivity contribution in [1.29, 1.82) is 0 Å². The second-order valence-electron chi connectivity index (χ2n) is 13.9. The number of imidazole rings is 1. The van der Waals surface area contributed by atoms with Gasteiger partial charge < -0.3 is 0 Å². The monoisotopic (exact) mass is 707 g/mol. The molecule has 0 radical (unpaired) electrons. The fraction of sp³-hybridized carbons (Fsp3) is 0.0377.